The molecule has 1 heterocycles. The highest BCUT2D eigenvalue weighted by molar-refractivity contribution is 5.48. The molecule has 0 unspecified atom stereocenters. The molecule has 2 rings (SSSR count). The van der Waals surface area contributed by atoms with Crippen LogP contribution in [0.15, 0.2) is 36.4 Å². The molecule has 1 aliphatic heterocycles. The topological polar surface area (TPSA) is 15.3 Å². The lowest BCUT2D eigenvalue weighted by molar-refractivity contribution is 0.222. The first-order valence-electron chi connectivity index (χ1n) is 8.03. The van der Waals surface area contributed by atoms with Gasteiger partial charge in [0.1, 0.15) is 0 Å². The van der Waals surface area contributed by atoms with E-state index in [0.717, 1.165) is 12.5 Å². The number of benzene rings is 1. The van der Waals surface area contributed by atoms with Crippen LogP contribution >= 0.6 is 0 Å². The second-order valence-electron chi connectivity index (χ2n) is 5.77. The summed E-state index contributed by atoms with van der Waals surface area (Å²) in [7, 11) is 0. The third-order valence-corrected chi connectivity index (χ3v) is 3.99. The maximum Gasteiger partial charge on any atom is 0.0166 e. The van der Waals surface area contributed by atoms with Gasteiger partial charge >= 0.3 is 0 Å². The molecule has 1 aliphatic rings. The monoisotopic (exact) mass is 272 g/mol. The Bertz CT molecular complexity index is 380. The van der Waals surface area contributed by atoms with Crippen molar-refractivity contribution >= 4 is 6.08 Å². The van der Waals surface area contributed by atoms with Crippen molar-refractivity contribution in [2.24, 2.45) is 5.92 Å². The molecular weight excluding hydrogens is 244 g/mol. The normalized spacial score (nSPS) is 17.1. The average molecular weight is 272 g/mol. The summed E-state index contributed by atoms with van der Waals surface area (Å²) in [5, 5.41) is 3.45. The van der Waals surface area contributed by atoms with E-state index < -0.39 is 0 Å². The summed E-state index contributed by atoms with van der Waals surface area (Å²) in [5.74, 6) is 0.882. The van der Waals surface area contributed by atoms with E-state index in [1.807, 2.05) is 0 Å². The molecule has 0 aromatic heterocycles. The third kappa shape index (κ3) is 5.48. The summed E-state index contributed by atoms with van der Waals surface area (Å²) in [6.07, 6.45) is 8.46. The van der Waals surface area contributed by atoms with Crippen LogP contribution in [0.5, 0.6) is 0 Å². The van der Waals surface area contributed by atoms with Crippen molar-refractivity contribution in [1.82, 2.24) is 10.2 Å². The van der Waals surface area contributed by atoms with Gasteiger partial charge < -0.3 is 5.32 Å². The number of rotatable bonds is 7. The Balaban J connectivity index is 1.80. The van der Waals surface area contributed by atoms with Crippen LogP contribution in [0, 0.1) is 5.92 Å². The van der Waals surface area contributed by atoms with Gasteiger partial charge in [-0.05, 0) is 50.4 Å². The van der Waals surface area contributed by atoms with E-state index in [1.165, 1.54) is 51.0 Å². The highest BCUT2D eigenvalue weighted by atomic mass is 15.1. The van der Waals surface area contributed by atoms with Gasteiger partial charge in [0.15, 0.2) is 0 Å². The van der Waals surface area contributed by atoms with Crippen molar-refractivity contribution in [3.63, 3.8) is 0 Å². The van der Waals surface area contributed by atoms with Gasteiger partial charge in [-0.1, -0.05) is 49.4 Å². The van der Waals surface area contributed by atoms with Crippen LogP contribution in [0.2, 0.25) is 0 Å². The van der Waals surface area contributed by atoms with Crippen LogP contribution in [-0.4, -0.2) is 37.6 Å². The molecule has 0 saturated carbocycles. The van der Waals surface area contributed by atoms with E-state index in [4.69, 9.17) is 0 Å². The molecule has 20 heavy (non-hydrogen) atoms. The second-order valence-corrected chi connectivity index (χ2v) is 5.77. The molecule has 1 aromatic carbocycles. The first kappa shape index (κ1) is 15.3. The van der Waals surface area contributed by atoms with Crippen molar-refractivity contribution in [3.8, 4) is 0 Å². The Hall–Kier alpha value is -1.12. The first-order valence-corrected chi connectivity index (χ1v) is 8.03. The third-order valence-electron chi connectivity index (χ3n) is 3.99. The van der Waals surface area contributed by atoms with Crippen molar-refractivity contribution < 1.29 is 0 Å². The minimum Gasteiger partial charge on any atom is -0.317 e. The van der Waals surface area contributed by atoms with Gasteiger partial charge in [-0.2, -0.15) is 0 Å². The minimum absolute atomic E-state index is 0.882. The smallest absolute Gasteiger partial charge is 0.0166 e. The lowest BCUT2D eigenvalue weighted by atomic mass is 9.97. The fourth-order valence-electron chi connectivity index (χ4n) is 2.90. The molecule has 1 N–H and O–H groups in total. The summed E-state index contributed by atoms with van der Waals surface area (Å²) < 4.78 is 0. The molecule has 0 amide bonds. The lowest BCUT2D eigenvalue weighted by Gasteiger charge is -2.29. The number of hydrogen-bond donors (Lipinski definition) is 1. The molecule has 0 atom stereocenters. The first-order chi connectivity index (χ1) is 9.88. The van der Waals surface area contributed by atoms with Crippen LogP contribution in [-0.2, 0) is 0 Å². The Morgan fingerprint density at radius 2 is 1.95 bits per heavy atom. The molecule has 0 radical (unpaired) electrons. The van der Waals surface area contributed by atoms with Gasteiger partial charge in [-0.3, -0.25) is 4.90 Å². The largest absolute Gasteiger partial charge is 0.317 e. The van der Waals surface area contributed by atoms with Crippen molar-refractivity contribution in [2.45, 2.75) is 26.2 Å². The van der Waals surface area contributed by atoms with Crippen LogP contribution in [0.1, 0.15) is 31.7 Å². The van der Waals surface area contributed by atoms with Crippen molar-refractivity contribution in [1.29, 1.82) is 0 Å². The fourth-order valence-corrected chi connectivity index (χ4v) is 2.90. The van der Waals surface area contributed by atoms with Gasteiger partial charge in [0.25, 0.3) is 0 Å². The van der Waals surface area contributed by atoms with Crippen LogP contribution < -0.4 is 5.32 Å². The maximum atomic E-state index is 3.45. The van der Waals surface area contributed by atoms with Crippen LogP contribution in [0.4, 0.5) is 0 Å². The Labute approximate surface area is 123 Å². The molecule has 2 nitrogen and oxygen atoms in total. The Morgan fingerprint density at radius 1 is 1.20 bits per heavy atom. The summed E-state index contributed by atoms with van der Waals surface area (Å²) in [6, 6.07) is 10.6. The van der Waals surface area contributed by atoms with Gasteiger partial charge in [-0.15, -0.1) is 0 Å². The molecule has 2 heteroatoms. The molecular formula is C18H28N2. The zero-order valence-corrected chi connectivity index (χ0v) is 12.7. The number of hydrogen-bond acceptors (Lipinski definition) is 2. The summed E-state index contributed by atoms with van der Waals surface area (Å²) >= 11 is 0. The van der Waals surface area contributed by atoms with E-state index in [1.54, 1.807) is 0 Å². The summed E-state index contributed by atoms with van der Waals surface area (Å²) in [4.78, 5) is 2.61. The van der Waals surface area contributed by atoms with Crippen molar-refractivity contribution in [2.75, 3.05) is 32.7 Å². The standard InChI is InChI=1S/C18H28N2/c1-2-14-20(16-18-10-12-19-13-11-18)15-6-9-17-7-4-3-5-8-17/h3-9,18-19H,2,10-16H2,1H3. The fraction of sp³-hybridized carbons (Fsp3) is 0.556. The van der Waals surface area contributed by atoms with Gasteiger partial charge in [0, 0.05) is 13.1 Å². The van der Waals surface area contributed by atoms with E-state index in [0.29, 0.717) is 0 Å². The van der Waals surface area contributed by atoms with Gasteiger partial charge in [-0.25, -0.2) is 0 Å². The quantitative estimate of drug-likeness (QED) is 0.818. The van der Waals surface area contributed by atoms with E-state index in [2.05, 4.69) is 59.6 Å². The van der Waals surface area contributed by atoms with Crippen molar-refractivity contribution in [3.05, 3.63) is 42.0 Å². The molecule has 110 valence electrons. The van der Waals surface area contributed by atoms with E-state index >= 15 is 0 Å². The molecule has 1 fully saturated rings. The highest BCUT2D eigenvalue weighted by Gasteiger charge is 2.15. The zero-order chi connectivity index (χ0) is 14.0. The lowest BCUT2D eigenvalue weighted by Crippen LogP contribution is -2.36. The summed E-state index contributed by atoms with van der Waals surface area (Å²) in [5.41, 5.74) is 1.30. The van der Waals surface area contributed by atoms with E-state index in [-0.39, 0.29) is 0 Å². The Kier molecular flexibility index (Phi) is 6.82. The highest BCUT2D eigenvalue weighted by Crippen LogP contribution is 2.14. The predicted molar refractivity (Wildman–Crippen MR) is 87.8 cm³/mol. The zero-order valence-electron chi connectivity index (χ0n) is 12.7. The molecule has 1 aromatic rings. The van der Waals surface area contributed by atoms with Crippen LogP contribution in [0.25, 0.3) is 6.08 Å². The maximum absolute atomic E-state index is 3.45. The molecule has 0 spiro atoms. The van der Waals surface area contributed by atoms with Gasteiger partial charge in [0.2, 0.25) is 0 Å². The molecule has 0 aliphatic carbocycles. The number of piperidine rings is 1. The molecule has 1 saturated heterocycles. The second kappa shape index (κ2) is 8.93. The van der Waals surface area contributed by atoms with Crippen LogP contribution in [0.3, 0.4) is 0 Å². The van der Waals surface area contributed by atoms with Gasteiger partial charge in [0.05, 0.1) is 0 Å². The predicted octanol–water partition coefficient (Wildman–Crippen LogP) is 3.41. The number of nitrogens with one attached hydrogen (secondary N) is 1. The number of nitrogens with zero attached hydrogens (tertiary/aromatic N) is 1. The SMILES string of the molecule is CCCN(CC=Cc1ccccc1)CC1CCNCC1. The average Bonchev–Trinajstić information content (AvgIpc) is 2.49. The Morgan fingerprint density at radius 3 is 2.65 bits per heavy atom. The van der Waals surface area contributed by atoms with E-state index in [9.17, 15) is 0 Å². The summed E-state index contributed by atoms with van der Waals surface area (Å²) in [6.45, 7) is 8.22. The molecule has 0 bridgehead atoms. The minimum atomic E-state index is 0.882.